The van der Waals surface area contributed by atoms with Crippen molar-refractivity contribution in [2.24, 2.45) is 5.41 Å². The molecule has 0 unspecified atom stereocenters. The van der Waals surface area contributed by atoms with Crippen LogP contribution in [0.1, 0.15) is 37.8 Å². The Kier molecular flexibility index (Phi) is 4.74. The van der Waals surface area contributed by atoms with Crippen LogP contribution < -0.4 is 0 Å². The maximum atomic E-state index is 14.3. The highest BCUT2D eigenvalue weighted by Gasteiger charge is 2.41. The van der Waals surface area contributed by atoms with Gasteiger partial charge in [-0.05, 0) is 30.0 Å². The Bertz CT molecular complexity index is 527. The quantitative estimate of drug-likeness (QED) is 0.850. The van der Waals surface area contributed by atoms with Gasteiger partial charge in [-0.25, -0.2) is 13.2 Å². The van der Waals surface area contributed by atoms with Crippen molar-refractivity contribution < 1.29 is 23.1 Å². The van der Waals surface area contributed by atoms with E-state index in [9.17, 15) is 18.0 Å². The lowest BCUT2D eigenvalue weighted by Gasteiger charge is -2.29. The minimum atomic E-state index is -3.32. The van der Waals surface area contributed by atoms with Crippen LogP contribution in [-0.2, 0) is 10.7 Å². The number of carboxylic acid groups (broad SMARTS) is 1. The molecule has 0 heterocycles. The fraction of sp³-hybridized carbons (Fsp3) is 0.500. The first-order valence-electron chi connectivity index (χ1n) is 6.00. The maximum absolute atomic E-state index is 14.3. The van der Waals surface area contributed by atoms with Crippen molar-refractivity contribution in [2.75, 3.05) is 0 Å². The molecule has 0 fully saturated rings. The molecule has 0 aliphatic rings. The minimum absolute atomic E-state index is 0.0696. The van der Waals surface area contributed by atoms with Gasteiger partial charge in [0.1, 0.15) is 5.82 Å². The summed E-state index contributed by atoms with van der Waals surface area (Å²) in [5, 5.41) is 8.37. The van der Waals surface area contributed by atoms with Crippen LogP contribution in [0.15, 0.2) is 12.1 Å². The summed E-state index contributed by atoms with van der Waals surface area (Å²) in [7, 11) is 0. The zero-order chi connectivity index (χ0) is 15.7. The molecule has 2 nitrogen and oxygen atoms in total. The van der Waals surface area contributed by atoms with E-state index in [1.165, 1.54) is 20.8 Å². The molecular weight excluding hydrogens is 293 g/mol. The second-order valence-electron chi connectivity index (χ2n) is 5.70. The molecule has 6 heteroatoms. The van der Waals surface area contributed by atoms with E-state index in [4.69, 9.17) is 16.7 Å². The third-order valence-corrected chi connectivity index (χ3v) is 3.29. The van der Waals surface area contributed by atoms with Crippen molar-refractivity contribution >= 4 is 17.6 Å². The maximum Gasteiger partial charge on any atom is 0.303 e. The first kappa shape index (κ1) is 16.8. The topological polar surface area (TPSA) is 37.3 Å². The van der Waals surface area contributed by atoms with Gasteiger partial charge in [0.15, 0.2) is 0 Å². The van der Waals surface area contributed by atoms with Crippen LogP contribution in [0.25, 0.3) is 0 Å². The molecule has 0 aliphatic heterocycles. The van der Waals surface area contributed by atoms with Gasteiger partial charge in [-0.2, -0.15) is 0 Å². The van der Waals surface area contributed by atoms with E-state index >= 15 is 0 Å². The number of carbonyl (C=O) groups is 1. The Balaban J connectivity index is 3.11. The third-order valence-electron chi connectivity index (χ3n) is 2.97. The lowest BCUT2D eigenvalue weighted by molar-refractivity contribution is -0.140. The van der Waals surface area contributed by atoms with Gasteiger partial charge in [-0.1, -0.05) is 25.4 Å². The van der Waals surface area contributed by atoms with Gasteiger partial charge in [0.25, 0.3) is 5.92 Å². The average Bonchev–Trinajstić information content (AvgIpc) is 2.19. The molecule has 0 amide bonds. The predicted octanol–water partition coefficient (Wildman–Crippen LogP) is 4.77. The third kappa shape index (κ3) is 4.13. The van der Waals surface area contributed by atoms with Gasteiger partial charge < -0.3 is 5.11 Å². The molecule has 0 saturated carbocycles. The van der Waals surface area contributed by atoms with E-state index in [1.807, 2.05) is 0 Å². The lowest BCUT2D eigenvalue weighted by atomic mass is 9.81. The summed E-state index contributed by atoms with van der Waals surface area (Å²) < 4.78 is 41.8. The van der Waals surface area contributed by atoms with Crippen molar-refractivity contribution in [1.82, 2.24) is 0 Å². The number of alkyl halides is 2. The second-order valence-corrected chi connectivity index (χ2v) is 6.10. The van der Waals surface area contributed by atoms with E-state index in [1.54, 1.807) is 0 Å². The number of carboxylic acids is 1. The van der Waals surface area contributed by atoms with Crippen molar-refractivity contribution in [3.05, 3.63) is 34.1 Å². The average molecular weight is 309 g/mol. The summed E-state index contributed by atoms with van der Waals surface area (Å²) in [6.07, 6.45) is -1.07. The Hall–Kier alpha value is -1.23. The van der Waals surface area contributed by atoms with Gasteiger partial charge in [-0.15, -0.1) is 0 Å². The molecule has 0 aliphatic carbocycles. The molecule has 20 heavy (non-hydrogen) atoms. The molecule has 0 aromatic heterocycles. The van der Waals surface area contributed by atoms with Crippen LogP contribution in [-0.4, -0.2) is 11.1 Å². The molecule has 1 N–H and O–H groups in total. The van der Waals surface area contributed by atoms with Crippen LogP contribution in [0.5, 0.6) is 0 Å². The van der Waals surface area contributed by atoms with Gasteiger partial charge >= 0.3 is 5.97 Å². The summed E-state index contributed by atoms with van der Waals surface area (Å²) >= 11 is 5.68. The molecule has 0 bridgehead atoms. The number of aryl methyl sites for hydroxylation is 1. The van der Waals surface area contributed by atoms with Crippen LogP contribution in [0.3, 0.4) is 0 Å². The highest BCUT2D eigenvalue weighted by atomic mass is 35.5. The molecule has 1 rings (SSSR count). The van der Waals surface area contributed by atoms with E-state index < -0.39 is 35.1 Å². The number of aliphatic carboxylic acids is 1. The zero-order valence-electron chi connectivity index (χ0n) is 11.4. The number of rotatable bonds is 5. The van der Waals surface area contributed by atoms with Crippen molar-refractivity contribution in [3.63, 3.8) is 0 Å². The first-order valence-corrected chi connectivity index (χ1v) is 6.38. The second kappa shape index (κ2) is 5.64. The summed E-state index contributed by atoms with van der Waals surface area (Å²) in [6.45, 7) is 4.26. The van der Waals surface area contributed by atoms with Gasteiger partial charge in [0, 0.05) is 12.0 Å². The van der Waals surface area contributed by atoms with Crippen LogP contribution in [0.2, 0.25) is 5.02 Å². The van der Waals surface area contributed by atoms with Gasteiger partial charge in [0.2, 0.25) is 0 Å². The van der Waals surface area contributed by atoms with Crippen molar-refractivity contribution in [3.8, 4) is 0 Å². The molecule has 1 aromatic rings. The van der Waals surface area contributed by atoms with E-state index in [2.05, 4.69) is 0 Å². The van der Waals surface area contributed by atoms with Crippen molar-refractivity contribution in [1.29, 1.82) is 0 Å². The molecule has 1 aromatic carbocycles. The van der Waals surface area contributed by atoms with Gasteiger partial charge in [-0.3, -0.25) is 4.79 Å². The number of halogens is 4. The monoisotopic (exact) mass is 308 g/mol. The highest BCUT2D eigenvalue weighted by molar-refractivity contribution is 6.31. The Morgan fingerprint density at radius 3 is 2.40 bits per heavy atom. The molecule has 0 saturated heterocycles. The Morgan fingerprint density at radius 1 is 1.35 bits per heavy atom. The summed E-state index contributed by atoms with van der Waals surface area (Å²) in [5.41, 5.74) is -1.52. The van der Waals surface area contributed by atoms with Crippen LogP contribution >= 0.6 is 11.6 Å². The summed E-state index contributed by atoms with van der Waals surface area (Å²) in [6, 6.07) is 1.86. The SMILES string of the molecule is Cc1cc(C(F)(F)CC(C)(C)CC(=O)O)c(Cl)cc1F. The molecule has 0 atom stereocenters. The largest absolute Gasteiger partial charge is 0.481 e. The van der Waals surface area contributed by atoms with Crippen LogP contribution in [0.4, 0.5) is 13.2 Å². The number of benzene rings is 1. The standard InChI is InChI=1S/C14H16ClF3O2/c1-8-4-9(10(15)5-11(8)16)14(17,18)7-13(2,3)6-12(19)20/h4-5H,6-7H2,1-3H3,(H,19,20). The lowest BCUT2D eigenvalue weighted by Crippen LogP contribution is -2.27. The van der Waals surface area contributed by atoms with Crippen LogP contribution in [0, 0.1) is 18.2 Å². The van der Waals surface area contributed by atoms with E-state index in [0.717, 1.165) is 12.1 Å². The highest BCUT2D eigenvalue weighted by Crippen LogP contribution is 2.44. The van der Waals surface area contributed by atoms with Gasteiger partial charge in [0.05, 0.1) is 11.4 Å². The smallest absolute Gasteiger partial charge is 0.303 e. The normalized spacial score (nSPS) is 12.6. The summed E-state index contributed by atoms with van der Waals surface area (Å²) in [4.78, 5) is 10.7. The minimum Gasteiger partial charge on any atom is -0.481 e. The number of hydrogen-bond donors (Lipinski definition) is 1. The number of hydrogen-bond acceptors (Lipinski definition) is 1. The van der Waals surface area contributed by atoms with Crippen molar-refractivity contribution in [2.45, 2.75) is 39.5 Å². The Labute approximate surface area is 120 Å². The Morgan fingerprint density at radius 2 is 1.90 bits per heavy atom. The fourth-order valence-electron chi connectivity index (χ4n) is 2.11. The zero-order valence-corrected chi connectivity index (χ0v) is 12.2. The molecule has 0 spiro atoms. The van der Waals surface area contributed by atoms with E-state index in [-0.39, 0.29) is 17.0 Å². The molecule has 112 valence electrons. The predicted molar refractivity (Wildman–Crippen MR) is 70.7 cm³/mol. The molecular formula is C14H16ClF3O2. The summed E-state index contributed by atoms with van der Waals surface area (Å²) in [5.74, 6) is -5.12. The molecule has 0 radical (unpaired) electrons. The first-order chi connectivity index (χ1) is 8.94. The fourth-order valence-corrected chi connectivity index (χ4v) is 2.39. The van der Waals surface area contributed by atoms with E-state index in [0.29, 0.717) is 0 Å².